The second kappa shape index (κ2) is 7.28. The zero-order valence-corrected chi connectivity index (χ0v) is 11.4. The summed E-state index contributed by atoms with van der Waals surface area (Å²) in [5.41, 5.74) is 0. The Morgan fingerprint density at radius 3 is 2.56 bits per heavy atom. The Hall–Kier alpha value is -1.20. The molecule has 2 N–H and O–H groups in total. The van der Waals surface area contributed by atoms with Gasteiger partial charge in [-0.15, -0.1) is 11.8 Å². The van der Waals surface area contributed by atoms with Crippen LogP contribution in [0, 0.1) is 0 Å². The van der Waals surface area contributed by atoms with Gasteiger partial charge in [-0.25, -0.2) is 0 Å². The van der Waals surface area contributed by atoms with Crippen LogP contribution in [-0.2, 0) is 9.59 Å². The van der Waals surface area contributed by atoms with Gasteiger partial charge in [-0.1, -0.05) is 11.6 Å². The van der Waals surface area contributed by atoms with E-state index in [1.54, 1.807) is 12.1 Å². The highest BCUT2D eigenvalue weighted by atomic mass is 35.5. The van der Waals surface area contributed by atoms with E-state index in [1.807, 2.05) is 12.1 Å². The third-order valence-electron chi connectivity index (χ3n) is 2.16. The molecular formula is C12H14ClNO3S. The number of hydrogen-bond acceptors (Lipinski definition) is 3. The van der Waals surface area contributed by atoms with Gasteiger partial charge in [0.15, 0.2) is 0 Å². The van der Waals surface area contributed by atoms with Crippen LogP contribution in [0.25, 0.3) is 0 Å². The number of hydrogen-bond donors (Lipinski definition) is 2. The Balaban J connectivity index is 2.27. The largest absolute Gasteiger partial charge is 0.480 e. The number of aliphatic carboxylic acids is 1. The van der Waals surface area contributed by atoms with Gasteiger partial charge in [0.1, 0.15) is 6.04 Å². The van der Waals surface area contributed by atoms with Crippen molar-refractivity contribution < 1.29 is 14.7 Å². The highest BCUT2D eigenvalue weighted by Gasteiger charge is 2.13. The molecule has 1 aromatic carbocycles. The molecule has 0 radical (unpaired) electrons. The van der Waals surface area contributed by atoms with Gasteiger partial charge in [0, 0.05) is 22.1 Å². The molecule has 0 aliphatic rings. The normalized spacial score (nSPS) is 11.9. The first-order valence-corrected chi connectivity index (χ1v) is 6.76. The van der Waals surface area contributed by atoms with Gasteiger partial charge in [-0.05, 0) is 31.2 Å². The Labute approximate surface area is 115 Å². The molecule has 0 bridgehead atoms. The number of carboxylic acids is 1. The number of carbonyl (C=O) groups is 2. The molecular weight excluding hydrogens is 274 g/mol. The van der Waals surface area contributed by atoms with Crippen LogP contribution in [0.3, 0.4) is 0 Å². The van der Waals surface area contributed by atoms with Crippen LogP contribution >= 0.6 is 23.4 Å². The van der Waals surface area contributed by atoms with Crippen molar-refractivity contribution in [3.05, 3.63) is 29.3 Å². The second-order valence-electron chi connectivity index (χ2n) is 3.68. The van der Waals surface area contributed by atoms with Crippen LogP contribution in [0.15, 0.2) is 29.2 Å². The van der Waals surface area contributed by atoms with Crippen LogP contribution in [0.1, 0.15) is 13.3 Å². The third kappa shape index (κ3) is 5.42. The van der Waals surface area contributed by atoms with E-state index in [1.165, 1.54) is 18.7 Å². The summed E-state index contributed by atoms with van der Waals surface area (Å²) in [7, 11) is 0. The molecule has 98 valence electrons. The average molecular weight is 288 g/mol. The number of carboxylic acid groups (broad SMARTS) is 1. The minimum atomic E-state index is -1.03. The number of carbonyl (C=O) groups excluding carboxylic acids is 1. The standard InChI is InChI=1S/C12H14ClNO3S/c1-8(12(16)17)14-11(15)6-7-18-10-4-2-9(13)3-5-10/h2-5,8H,6-7H2,1H3,(H,14,15)(H,16,17). The van der Waals surface area contributed by atoms with E-state index in [-0.39, 0.29) is 12.3 Å². The molecule has 18 heavy (non-hydrogen) atoms. The topological polar surface area (TPSA) is 66.4 Å². The Kier molecular flexibility index (Phi) is 6.01. The number of thioether (sulfide) groups is 1. The molecule has 0 aliphatic heterocycles. The van der Waals surface area contributed by atoms with E-state index in [4.69, 9.17) is 16.7 Å². The molecule has 4 nitrogen and oxygen atoms in total. The summed E-state index contributed by atoms with van der Waals surface area (Å²) in [4.78, 5) is 22.9. The molecule has 0 heterocycles. The molecule has 1 unspecified atom stereocenters. The van der Waals surface area contributed by atoms with Gasteiger partial charge in [-0.2, -0.15) is 0 Å². The molecule has 0 fully saturated rings. The molecule has 1 aromatic rings. The number of rotatable bonds is 6. The lowest BCUT2D eigenvalue weighted by molar-refractivity contribution is -0.141. The van der Waals surface area contributed by atoms with E-state index in [0.717, 1.165) is 4.90 Å². The molecule has 6 heteroatoms. The minimum absolute atomic E-state index is 0.258. The summed E-state index contributed by atoms with van der Waals surface area (Å²) >= 11 is 7.28. The smallest absolute Gasteiger partial charge is 0.325 e. The zero-order chi connectivity index (χ0) is 13.5. The minimum Gasteiger partial charge on any atom is -0.480 e. The molecule has 1 rings (SSSR count). The zero-order valence-electron chi connectivity index (χ0n) is 9.85. The first-order chi connectivity index (χ1) is 8.49. The molecule has 0 saturated carbocycles. The van der Waals surface area contributed by atoms with Crippen LogP contribution in [0.5, 0.6) is 0 Å². The number of nitrogens with one attached hydrogen (secondary N) is 1. The van der Waals surface area contributed by atoms with Gasteiger partial charge in [0.05, 0.1) is 0 Å². The number of amides is 1. The van der Waals surface area contributed by atoms with E-state index in [9.17, 15) is 9.59 Å². The summed E-state index contributed by atoms with van der Waals surface area (Å²) in [6.07, 6.45) is 0.283. The fourth-order valence-electron chi connectivity index (χ4n) is 1.17. The summed E-state index contributed by atoms with van der Waals surface area (Å²) in [5, 5.41) is 11.7. The van der Waals surface area contributed by atoms with Crippen molar-refractivity contribution in [2.24, 2.45) is 0 Å². The van der Waals surface area contributed by atoms with E-state index in [0.29, 0.717) is 10.8 Å². The van der Waals surface area contributed by atoms with E-state index in [2.05, 4.69) is 5.32 Å². The SMILES string of the molecule is CC(NC(=O)CCSc1ccc(Cl)cc1)C(=O)O. The lowest BCUT2D eigenvalue weighted by atomic mass is 10.3. The Bertz CT molecular complexity index is 422. The van der Waals surface area contributed by atoms with Gasteiger partial charge < -0.3 is 10.4 Å². The maximum absolute atomic E-state index is 11.4. The molecule has 0 aliphatic carbocycles. The number of halogens is 1. The maximum atomic E-state index is 11.4. The quantitative estimate of drug-likeness (QED) is 0.789. The first-order valence-electron chi connectivity index (χ1n) is 5.39. The van der Waals surface area contributed by atoms with Gasteiger partial charge in [0.25, 0.3) is 0 Å². The van der Waals surface area contributed by atoms with Crippen molar-refractivity contribution in [1.82, 2.24) is 5.32 Å². The van der Waals surface area contributed by atoms with Crippen molar-refractivity contribution >= 4 is 35.2 Å². The van der Waals surface area contributed by atoms with Crippen molar-refractivity contribution in [3.8, 4) is 0 Å². The highest BCUT2D eigenvalue weighted by molar-refractivity contribution is 7.99. The summed E-state index contributed by atoms with van der Waals surface area (Å²) in [5.74, 6) is -0.695. The lowest BCUT2D eigenvalue weighted by Crippen LogP contribution is -2.38. The van der Waals surface area contributed by atoms with Crippen molar-refractivity contribution in [1.29, 1.82) is 0 Å². The molecule has 1 atom stereocenters. The summed E-state index contributed by atoms with van der Waals surface area (Å²) in [6.45, 7) is 1.44. The monoisotopic (exact) mass is 287 g/mol. The maximum Gasteiger partial charge on any atom is 0.325 e. The Morgan fingerprint density at radius 1 is 1.39 bits per heavy atom. The Morgan fingerprint density at radius 2 is 2.00 bits per heavy atom. The van der Waals surface area contributed by atoms with Gasteiger partial charge >= 0.3 is 5.97 Å². The van der Waals surface area contributed by atoms with Crippen molar-refractivity contribution in [3.63, 3.8) is 0 Å². The van der Waals surface area contributed by atoms with Gasteiger partial charge in [0.2, 0.25) is 5.91 Å². The predicted molar refractivity (Wildman–Crippen MR) is 72.0 cm³/mol. The van der Waals surface area contributed by atoms with E-state index < -0.39 is 12.0 Å². The second-order valence-corrected chi connectivity index (χ2v) is 5.28. The molecule has 0 aromatic heterocycles. The van der Waals surface area contributed by atoms with E-state index >= 15 is 0 Å². The van der Waals surface area contributed by atoms with Crippen LogP contribution in [0.2, 0.25) is 5.02 Å². The molecule has 0 spiro atoms. The van der Waals surface area contributed by atoms with Crippen molar-refractivity contribution in [2.75, 3.05) is 5.75 Å². The molecule has 1 amide bonds. The third-order valence-corrected chi connectivity index (χ3v) is 3.43. The lowest BCUT2D eigenvalue weighted by Gasteiger charge is -2.08. The van der Waals surface area contributed by atoms with Crippen LogP contribution < -0.4 is 5.32 Å². The predicted octanol–water partition coefficient (Wildman–Crippen LogP) is 2.41. The highest BCUT2D eigenvalue weighted by Crippen LogP contribution is 2.20. The molecule has 0 saturated heterocycles. The summed E-state index contributed by atoms with van der Waals surface area (Å²) < 4.78 is 0. The first kappa shape index (κ1) is 14.9. The van der Waals surface area contributed by atoms with Gasteiger partial charge in [-0.3, -0.25) is 9.59 Å². The number of benzene rings is 1. The fraction of sp³-hybridized carbons (Fsp3) is 0.333. The summed E-state index contributed by atoms with van der Waals surface area (Å²) in [6, 6.07) is 6.49. The van der Waals surface area contributed by atoms with Crippen LogP contribution in [-0.4, -0.2) is 28.8 Å². The average Bonchev–Trinajstić information content (AvgIpc) is 2.31. The fourth-order valence-corrected chi connectivity index (χ4v) is 2.15. The van der Waals surface area contributed by atoms with Crippen molar-refractivity contribution in [2.45, 2.75) is 24.3 Å². The van der Waals surface area contributed by atoms with Crippen LogP contribution in [0.4, 0.5) is 0 Å².